The Balaban J connectivity index is 4.52. The highest BCUT2D eigenvalue weighted by Crippen LogP contribution is 2.19. The average molecular weight is 170 g/mol. The van der Waals surface area contributed by atoms with Gasteiger partial charge >= 0.3 is 0 Å². The predicted octanol–water partition coefficient (Wildman–Crippen LogP) is 3.89. The fourth-order valence-electron chi connectivity index (χ4n) is 1.36. The predicted molar refractivity (Wildman–Crippen MR) is 52.9 cm³/mol. The Morgan fingerprint density at radius 3 is 2.25 bits per heavy atom. The third-order valence-electron chi connectivity index (χ3n) is 1.88. The van der Waals surface area contributed by atoms with Crippen LogP contribution in [-0.2, 0) is 0 Å². The second kappa shape index (κ2) is 5.99. The zero-order valence-electron chi connectivity index (χ0n) is 8.52. The van der Waals surface area contributed by atoms with Crippen LogP contribution >= 0.6 is 0 Å². The van der Waals surface area contributed by atoms with Crippen molar-refractivity contribution in [2.45, 2.75) is 34.1 Å². The van der Waals surface area contributed by atoms with Crippen molar-refractivity contribution in [2.75, 3.05) is 6.67 Å². The Morgan fingerprint density at radius 1 is 1.33 bits per heavy atom. The molecule has 0 aromatic carbocycles. The lowest BCUT2D eigenvalue weighted by molar-refractivity contribution is 0.556. The van der Waals surface area contributed by atoms with E-state index in [1.165, 1.54) is 5.57 Å². The summed E-state index contributed by atoms with van der Waals surface area (Å²) >= 11 is 0. The second-order valence-corrected chi connectivity index (χ2v) is 3.26. The minimum Gasteiger partial charge on any atom is -0.247 e. The molecule has 0 aliphatic carbocycles. The summed E-state index contributed by atoms with van der Waals surface area (Å²) in [5.41, 5.74) is 2.35. The molecule has 0 aliphatic rings. The molecule has 70 valence electrons. The molecule has 0 aromatic heterocycles. The van der Waals surface area contributed by atoms with E-state index < -0.39 is 0 Å². The van der Waals surface area contributed by atoms with Crippen molar-refractivity contribution in [3.8, 4) is 0 Å². The maximum absolute atomic E-state index is 12.1. The van der Waals surface area contributed by atoms with Gasteiger partial charge in [-0.05, 0) is 24.8 Å². The molecule has 0 aliphatic heterocycles. The van der Waals surface area contributed by atoms with Gasteiger partial charge in [0.25, 0.3) is 0 Å². The number of rotatable bonds is 4. The Hall–Kier alpha value is -0.590. The van der Waals surface area contributed by atoms with Crippen LogP contribution in [-0.4, -0.2) is 6.67 Å². The summed E-state index contributed by atoms with van der Waals surface area (Å²) in [6, 6.07) is 0. The number of allylic oxidation sites excluding steroid dienone is 4. The van der Waals surface area contributed by atoms with Crippen LogP contribution in [0.4, 0.5) is 4.39 Å². The molecule has 0 aromatic rings. The van der Waals surface area contributed by atoms with Gasteiger partial charge in [-0.25, -0.2) is 4.39 Å². The first-order valence-electron chi connectivity index (χ1n) is 4.56. The topological polar surface area (TPSA) is 0 Å². The monoisotopic (exact) mass is 170 g/mol. The Bertz CT molecular complexity index is 175. The summed E-state index contributed by atoms with van der Waals surface area (Å²) < 4.78 is 12.1. The molecule has 0 nitrogen and oxygen atoms in total. The van der Waals surface area contributed by atoms with Gasteiger partial charge in [0.15, 0.2) is 0 Å². The SMILES string of the molecule is CC/C=C(C)\C(=C/CF)C(C)C. The largest absolute Gasteiger partial charge is 0.247 e. The molecule has 0 atom stereocenters. The van der Waals surface area contributed by atoms with Crippen molar-refractivity contribution in [3.63, 3.8) is 0 Å². The number of hydrogen-bond acceptors (Lipinski definition) is 0. The van der Waals surface area contributed by atoms with Crippen molar-refractivity contribution in [1.29, 1.82) is 0 Å². The highest BCUT2D eigenvalue weighted by molar-refractivity contribution is 5.30. The Morgan fingerprint density at radius 2 is 1.92 bits per heavy atom. The van der Waals surface area contributed by atoms with Crippen LogP contribution in [0.2, 0.25) is 0 Å². The van der Waals surface area contributed by atoms with Crippen LogP contribution in [0, 0.1) is 5.92 Å². The smallest absolute Gasteiger partial charge is 0.108 e. The molecule has 0 rings (SSSR count). The molecule has 0 amide bonds. The summed E-state index contributed by atoms with van der Waals surface area (Å²) in [6.45, 7) is 7.97. The molecule has 12 heavy (non-hydrogen) atoms. The van der Waals surface area contributed by atoms with Gasteiger partial charge in [-0.1, -0.05) is 38.5 Å². The second-order valence-electron chi connectivity index (χ2n) is 3.26. The van der Waals surface area contributed by atoms with E-state index in [1.807, 2.05) is 6.92 Å². The van der Waals surface area contributed by atoms with Crippen LogP contribution in [0.1, 0.15) is 34.1 Å². The lowest BCUT2D eigenvalue weighted by Crippen LogP contribution is -1.96. The van der Waals surface area contributed by atoms with E-state index in [9.17, 15) is 4.39 Å². The van der Waals surface area contributed by atoms with Gasteiger partial charge in [0.1, 0.15) is 6.67 Å². The number of alkyl halides is 1. The fraction of sp³-hybridized carbons (Fsp3) is 0.636. The Kier molecular flexibility index (Phi) is 5.69. The van der Waals surface area contributed by atoms with Crippen LogP contribution in [0.25, 0.3) is 0 Å². The van der Waals surface area contributed by atoms with Gasteiger partial charge in [-0.2, -0.15) is 0 Å². The van der Waals surface area contributed by atoms with E-state index in [0.717, 1.165) is 12.0 Å². The van der Waals surface area contributed by atoms with Gasteiger partial charge in [0, 0.05) is 0 Å². The molecular formula is C11H19F. The van der Waals surface area contributed by atoms with E-state index in [-0.39, 0.29) is 6.67 Å². The van der Waals surface area contributed by atoms with Crippen LogP contribution < -0.4 is 0 Å². The van der Waals surface area contributed by atoms with Crippen molar-refractivity contribution >= 4 is 0 Å². The zero-order valence-corrected chi connectivity index (χ0v) is 8.52. The molecular weight excluding hydrogens is 151 g/mol. The van der Waals surface area contributed by atoms with Crippen LogP contribution in [0.15, 0.2) is 23.3 Å². The minimum atomic E-state index is -0.359. The third-order valence-corrected chi connectivity index (χ3v) is 1.88. The van der Waals surface area contributed by atoms with E-state index in [4.69, 9.17) is 0 Å². The van der Waals surface area contributed by atoms with Gasteiger partial charge in [0.05, 0.1) is 0 Å². The molecule has 0 fully saturated rings. The lowest BCUT2D eigenvalue weighted by Gasteiger charge is -2.11. The summed E-state index contributed by atoms with van der Waals surface area (Å²) in [4.78, 5) is 0. The van der Waals surface area contributed by atoms with Crippen LogP contribution in [0.5, 0.6) is 0 Å². The first-order valence-corrected chi connectivity index (χ1v) is 4.56. The third kappa shape index (κ3) is 3.70. The number of halogens is 1. The van der Waals surface area contributed by atoms with Crippen molar-refractivity contribution in [1.82, 2.24) is 0 Å². The van der Waals surface area contributed by atoms with E-state index in [2.05, 4.69) is 26.8 Å². The highest BCUT2D eigenvalue weighted by atomic mass is 19.1. The summed E-state index contributed by atoms with van der Waals surface area (Å²) in [6.07, 6.45) is 4.83. The van der Waals surface area contributed by atoms with Gasteiger partial charge < -0.3 is 0 Å². The molecule has 0 heterocycles. The standard InChI is InChI=1S/C11H19F/c1-5-6-10(4)11(7-8-12)9(2)3/h6-7,9H,5,8H2,1-4H3/b10-6-,11-7-. The van der Waals surface area contributed by atoms with E-state index in [0.29, 0.717) is 5.92 Å². The molecule has 0 radical (unpaired) electrons. The Labute approximate surface area is 75.2 Å². The molecule has 0 saturated heterocycles. The molecule has 0 unspecified atom stereocenters. The van der Waals surface area contributed by atoms with Crippen molar-refractivity contribution in [2.24, 2.45) is 5.92 Å². The first kappa shape index (κ1) is 11.4. The molecule has 0 N–H and O–H groups in total. The van der Waals surface area contributed by atoms with E-state index >= 15 is 0 Å². The number of hydrogen-bond donors (Lipinski definition) is 0. The maximum atomic E-state index is 12.1. The molecule has 1 heteroatoms. The van der Waals surface area contributed by atoms with Gasteiger partial charge in [-0.15, -0.1) is 0 Å². The van der Waals surface area contributed by atoms with Gasteiger partial charge in [0.2, 0.25) is 0 Å². The zero-order chi connectivity index (χ0) is 9.56. The maximum Gasteiger partial charge on any atom is 0.108 e. The van der Waals surface area contributed by atoms with Crippen molar-refractivity contribution < 1.29 is 4.39 Å². The van der Waals surface area contributed by atoms with Crippen LogP contribution in [0.3, 0.4) is 0 Å². The first-order chi connectivity index (χ1) is 5.63. The molecule has 0 bridgehead atoms. The van der Waals surface area contributed by atoms with E-state index in [1.54, 1.807) is 6.08 Å². The normalized spacial score (nSPS) is 14.2. The molecule has 0 saturated carbocycles. The average Bonchev–Trinajstić information content (AvgIpc) is 1.99. The van der Waals surface area contributed by atoms with Crippen molar-refractivity contribution in [3.05, 3.63) is 23.3 Å². The minimum absolute atomic E-state index is 0.359. The fourth-order valence-corrected chi connectivity index (χ4v) is 1.36. The summed E-state index contributed by atoms with van der Waals surface area (Å²) in [5.74, 6) is 0.420. The summed E-state index contributed by atoms with van der Waals surface area (Å²) in [5, 5.41) is 0. The highest BCUT2D eigenvalue weighted by Gasteiger charge is 2.03. The summed E-state index contributed by atoms with van der Waals surface area (Å²) in [7, 11) is 0. The van der Waals surface area contributed by atoms with Gasteiger partial charge in [-0.3, -0.25) is 0 Å². The quantitative estimate of drug-likeness (QED) is 0.561. The molecule has 0 spiro atoms. The lowest BCUT2D eigenvalue weighted by atomic mass is 9.95.